The van der Waals surface area contributed by atoms with Gasteiger partial charge in [0.25, 0.3) is 0 Å². The predicted octanol–water partition coefficient (Wildman–Crippen LogP) is 0.946. The Balaban J connectivity index is 2.17. The highest BCUT2D eigenvalue weighted by Crippen LogP contribution is 2.36. The summed E-state index contributed by atoms with van der Waals surface area (Å²) in [7, 11) is 0. The van der Waals surface area contributed by atoms with E-state index in [1.54, 1.807) is 0 Å². The molecule has 70 valence electrons. The summed E-state index contributed by atoms with van der Waals surface area (Å²) >= 11 is 1.94. The van der Waals surface area contributed by atoms with Gasteiger partial charge in [0.1, 0.15) is 0 Å². The Morgan fingerprint density at radius 2 is 2.50 bits per heavy atom. The van der Waals surface area contributed by atoms with Crippen LogP contribution in [0.25, 0.3) is 0 Å². The van der Waals surface area contributed by atoms with E-state index in [-0.39, 0.29) is 11.3 Å². The second kappa shape index (κ2) is 4.14. The van der Waals surface area contributed by atoms with Gasteiger partial charge < -0.3 is 10.4 Å². The molecular weight excluding hydrogens is 174 g/mol. The molecule has 12 heavy (non-hydrogen) atoms. The number of nitrogens with one attached hydrogen (secondary N) is 1. The Bertz CT molecular complexity index is 166. The van der Waals surface area contributed by atoms with E-state index in [1.165, 1.54) is 18.6 Å². The number of rotatable bonds is 4. The molecule has 3 nitrogen and oxygen atoms in total. The van der Waals surface area contributed by atoms with Crippen LogP contribution in [-0.2, 0) is 4.79 Å². The maximum Gasteiger partial charge on any atom is 0.317 e. The van der Waals surface area contributed by atoms with Crippen molar-refractivity contribution in [3.05, 3.63) is 0 Å². The van der Waals surface area contributed by atoms with Crippen molar-refractivity contribution in [2.75, 3.05) is 18.8 Å². The Kier molecular flexibility index (Phi) is 3.40. The molecular formula is C8H15NO2S. The summed E-state index contributed by atoms with van der Waals surface area (Å²) in [5.74, 6) is 0.437. The molecule has 0 amide bonds. The van der Waals surface area contributed by atoms with E-state index in [0.717, 1.165) is 6.54 Å². The fraction of sp³-hybridized carbons (Fsp3) is 0.875. The third-order valence-corrected chi connectivity index (χ3v) is 3.61. The van der Waals surface area contributed by atoms with Gasteiger partial charge in [-0.2, -0.15) is 11.8 Å². The van der Waals surface area contributed by atoms with Gasteiger partial charge in [-0.25, -0.2) is 0 Å². The third-order valence-electron chi connectivity index (χ3n) is 2.08. The molecule has 0 aliphatic carbocycles. The van der Waals surface area contributed by atoms with Gasteiger partial charge in [0.15, 0.2) is 0 Å². The van der Waals surface area contributed by atoms with Crippen LogP contribution < -0.4 is 5.32 Å². The molecule has 0 aromatic carbocycles. The van der Waals surface area contributed by atoms with Crippen molar-refractivity contribution >= 4 is 17.7 Å². The van der Waals surface area contributed by atoms with Crippen molar-refractivity contribution in [2.45, 2.75) is 24.5 Å². The molecule has 1 atom stereocenters. The van der Waals surface area contributed by atoms with E-state index in [2.05, 4.69) is 12.2 Å². The summed E-state index contributed by atoms with van der Waals surface area (Å²) in [6.45, 7) is 3.08. The van der Waals surface area contributed by atoms with Crippen molar-refractivity contribution in [3.63, 3.8) is 0 Å². The average Bonchev–Trinajstić information content (AvgIpc) is 2.35. The molecule has 2 N–H and O–H groups in total. The molecule has 4 heteroatoms. The summed E-state index contributed by atoms with van der Waals surface area (Å²) in [5.41, 5.74) is 0. The second-order valence-electron chi connectivity index (χ2n) is 3.40. The molecule has 0 radical (unpaired) electrons. The van der Waals surface area contributed by atoms with Crippen LogP contribution in [0, 0.1) is 0 Å². The number of carboxylic acid groups (broad SMARTS) is 1. The zero-order valence-corrected chi connectivity index (χ0v) is 8.12. The standard InChI is InChI=1S/C8H15NO2S/c1-8(3-2-4-12-8)6-9-5-7(10)11/h9H,2-6H2,1H3,(H,10,11). The van der Waals surface area contributed by atoms with Crippen LogP contribution in [0.15, 0.2) is 0 Å². The van der Waals surface area contributed by atoms with Gasteiger partial charge in [0, 0.05) is 11.3 Å². The summed E-state index contributed by atoms with van der Waals surface area (Å²) in [4.78, 5) is 10.2. The second-order valence-corrected chi connectivity index (χ2v) is 5.08. The van der Waals surface area contributed by atoms with Gasteiger partial charge in [-0.1, -0.05) is 0 Å². The summed E-state index contributed by atoms with van der Waals surface area (Å²) in [6.07, 6.45) is 2.46. The molecule has 0 spiro atoms. The quantitative estimate of drug-likeness (QED) is 0.691. The summed E-state index contributed by atoms with van der Waals surface area (Å²) in [5, 5.41) is 11.3. The number of carboxylic acids is 1. The number of hydrogen-bond donors (Lipinski definition) is 2. The fourth-order valence-electron chi connectivity index (χ4n) is 1.41. The van der Waals surface area contributed by atoms with Crippen molar-refractivity contribution in [3.8, 4) is 0 Å². The summed E-state index contributed by atoms with van der Waals surface area (Å²) in [6, 6.07) is 0. The van der Waals surface area contributed by atoms with Gasteiger partial charge in [0.05, 0.1) is 6.54 Å². The Hall–Kier alpha value is -0.220. The number of carbonyl (C=O) groups is 1. The van der Waals surface area contributed by atoms with E-state index >= 15 is 0 Å². The highest BCUT2D eigenvalue weighted by atomic mass is 32.2. The zero-order chi connectivity index (χ0) is 9.03. The van der Waals surface area contributed by atoms with Gasteiger partial charge in [-0.05, 0) is 25.5 Å². The molecule has 1 heterocycles. The molecule has 1 aliphatic rings. The van der Waals surface area contributed by atoms with Crippen LogP contribution in [0.4, 0.5) is 0 Å². The lowest BCUT2D eigenvalue weighted by Crippen LogP contribution is -2.35. The molecule has 0 bridgehead atoms. The highest BCUT2D eigenvalue weighted by molar-refractivity contribution is 8.00. The van der Waals surface area contributed by atoms with Crippen LogP contribution >= 0.6 is 11.8 Å². The minimum absolute atomic E-state index is 0.0795. The first kappa shape index (κ1) is 9.86. The Morgan fingerprint density at radius 3 is 3.00 bits per heavy atom. The van der Waals surface area contributed by atoms with Gasteiger partial charge >= 0.3 is 5.97 Å². The number of thioether (sulfide) groups is 1. The molecule has 1 rings (SSSR count). The van der Waals surface area contributed by atoms with Gasteiger partial charge in [-0.15, -0.1) is 0 Å². The fourth-order valence-corrected chi connectivity index (χ4v) is 2.68. The normalized spacial score (nSPS) is 29.1. The predicted molar refractivity (Wildman–Crippen MR) is 50.6 cm³/mol. The zero-order valence-electron chi connectivity index (χ0n) is 7.30. The number of hydrogen-bond acceptors (Lipinski definition) is 3. The first-order valence-electron chi connectivity index (χ1n) is 4.19. The Labute approximate surface area is 76.9 Å². The van der Waals surface area contributed by atoms with Crippen LogP contribution in [0.1, 0.15) is 19.8 Å². The van der Waals surface area contributed by atoms with Crippen LogP contribution in [0.3, 0.4) is 0 Å². The van der Waals surface area contributed by atoms with E-state index in [4.69, 9.17) is 5.11 Å². The minimum Gasteiger partial charge on any atom is -0.480 e. The lowest BCUT2D eigenvalue weighted by atomic mass is 10.1. The molecule has 0 saturated carbocycles. The van der Waals surface area contributed by atoms with Crippen molar-refractivity contribution < 1.29 is 9.90 Å². The minimum atomic E-state index is -0.776. The van der Waals surface area contributed by atoms with Crippen molar-refractivity contribution in [1.29, 1.82) is 0 Å². The number of aliphatic carboxylic acids is 1. The van der Waals surface area contributed by atoms with Crippen molar-refractivity contribution in [2.24, 2.45) is 0 Å². The average molecular weight is 189 g/mol. The third kappa shape index (κ3) is 3.03. The monoisotopic (exact) mass is 189 g/mol. The molecule has 0 aromatic rings. The molecule has 1 saturated heterocycles. The topological polar surface area (TPSA) is 49.3 Å². The first-order chi connectivity index (χ1) is 5.62. The lowest BCUT2D eigenvalue weighted by Gasteiger charge is -2.22. The largest absolute Gasteiger partial charge is 0.480 e. The molecule has 1 aliphatic heterocycles. The van der Waals surface area contributed by atoms with E-state index in [0.29, 0.717) is 0 Å². The maximum atomic E-state index is 10.2. The first-order valence-corrected chi connectivity index (χ1v) is 5.17. The molecule has 1 fully saturated rings. The van der Waals surface area contributed by atoms with Gasteiger partial charge in [-0.3, -0.25) is 4.79 Å². The SMILES string of the molecule is CC1(CNCC(=O)O)CCCS1. The van der Waals surface area contributed by atoms with Crippen LogP contribution in [0.2, 0.25) is 0 Å². The smallest absolute Gasteiger partial charge is 0.317 e. The maximum absolute atomic E-state index is 10.2. The van der Waals surface area contributed by atoms with E-state index in [1.807, 2.05) is 11.8 Å². The van der Waals surface area contributed by atoms with E-state index < -0.39 is 5.97 Å². The van der Waals surface area contributed by atoms with Crippen molar-refractivity contribution in [1.82, 2.24) is 5.32 Å². The lowest BCUT2D eigenvalue weighted by molar-refractivity contribution is -0.135. The van der Waals surface area contributed by atoms with Crippen LogP contribution in [-0.4, -0.2) is 34.7 Å². The summed E-state index contributed by atoms with van der Waals surface area (Å²) < 4.78 is 0.273. The highest BCUT2D eigenvalue weighted by Gasteiger charge is 2.28. The molecule has 1 unspecified atom stereocenters. The van der Waals surface area contributed by atoms with Crippen LogP contribution in [0.5, 0.6) is 0 Å². The Morgan fingerprint density at radius 1 is 1.75 bits per heavy atom. The molecule has 0 aromatic heterocycles. The van der Waals surface area contributed by atoms with Gasteiger partial charge in [0.2, 0.25) is 0 Å². The van der Waals surface area contributed by atoms with E-state index in [9.17, 15) is 4.79 Å².